The molecule has 1 amide bonds. The minimum atomic E-state index is 0.0717. The Labute approximate surface area is 156 Å². The first kappa shape index (κ1) is 18.6. The highest BCUT2D eigenvalue weighted by Crippen LogP contribution is 2.23. The van der Waals surface area contributed by atoms with E-state index in [9.17, 15) is 4.79 Å². The van der Waals surface area contributed by atoms with E-state index in [4.69, 9.17) is 0 Å². The number of nitrogens with one attached hydrogen (secondary N) is 1. The van der Waals surface area contributed by atoms with E-state index in [1.807, 2.05) is 48.9 Å². The summed E-state index contributed by atoms with van der Waals surface area (Å²) in [7, 11) is 0. The second kappa shape index (κ2) is 8.49. The fourth-order valence-corrected chi connectivity index (χ4v) is 3.79. The Hall–Kier alpha value is -2.14. The summed E-state index contributed by atoms with van der Waals surface area (Å²) in [5.41, 5.74) is 3.66. The first-order valence-corrected chi connectivity index (χ1v) is 9.72. The summed E-state index contributed by atoms with van der Waals surface area (Å²) in [5.74, 6) is 0.864. The Balaban J connectivity index is 1.60. The molecule has 5 heteroatoms. The molecule has 1 atom stereocenters. The number of anilines is 1. The molecule has 1 unspecified atom stereocenters. The van der Waals surface area contributed by atoms with E-state index in [1.54, 1.807) is 0 Å². The summed E-state index contributed by atoms with van der Waals surface area (Å²) >= 11 is 0. The number of likely N-dealkylation sites (tertiary alicyclic amines) is 1. The molecule has 1 fully saturated rings. The van der Waals surface area contributed by atoms with Gasteiger partial charge in [-0.25, -0.2) is 4.68 Å². The monoisotopic (exact) mass is 354 g/mol. The molecule has 1 saturated heterocycles. The van der Waals surface area contributed by atoms with Crippen molar-refractivity contribution in [2.75, 3.05) is 25.0 Å². The van der Waals surface area contributed by atoms with E-state index in [2.05, 4.69) is 22.2 Å². The standard InChI is InChI=1S/C21H30N4O/c1-4-18-9-8-13-24(15-18)14-12-20(26)22-21-16(2)23-25(17(21)3)19-10-6-5-7-11-19/h5-7,10-11,18H,4,8-9,12-15H2,1-3H3,(H,22,26). The zero-order valence-corrected chi connectivity index (χ0v) is 16.2. The molecule has 1 aromatic heterocycles. The molecule has 26 heavy (non-hydrogen) atoms. The van der Waals surface area contributed by atoms with Crippen LogP contribution in [0, 0.1) is 19.8 Å². The lowest BCUT2D eigenvalue weighted by Crippen LogP contribution is -2.37. The van der Waals surface area contributed by atoms with Crippen molar-refractivity contribution in [3.63, 3.8) is 0 Å². The Morgan fingerprint density at radius 3 is 2.77 bits per heavy atom. The van der Waals surface area contributed by atoms with E-state index in [0.29, 0.717) is 6.42 Å². The SMILES string of the molecule is CCC1CCCN(CCC(=O)Nc2c(C)nn(-c3ccccc3)c2C)C1. The molecule has 0 aliphatic carbocycles. The molecule has 0 bridgehead atoms. The van der Waals surface area contributed by atoms with E-state index < -0.39 is 0 Å². The van der Waals surface area contributed by atoms with Gasteiger partial charge in [-0.2, -0.15) is 5.10 Å². The summed E-state index contributed by atoms with van der Waals surface area (Å²) < 4.78 is 1.89. The van der Waals surface area contributed by atoms with Gasteiger partial charge in [0, 0.05) is 19.5 Å². The topological polar surface area (TPSA) is 50.2 Å². The molecule has 1 aliphatic rings. The number of aromatic nitrogens is 2. The van der Waals surface area contributed by atoms with Crippen LogP contribution in [0.2, 0.25) is 0 Å². The van der Waals surface area contributed by atoms with Gasteiger partial charge in [0.2, 0.25) is 5.91 Å². The van der Waals surface area contributed by atoms with Gasteiger partial charge in [0.15, 0.2) is 0 Å². The first-order chi connectivity index (χ1) is 12.6. The third kappa shape index (κ3) is 4.33. The number of nitrogens with zero attached hydrogens (tertiary/aromatic N) is 3. The Bertz CT molecular complexity index is 738. The number of piperidine rings is 1. The van der Waals surface area contributed by atoms with Crippen LogP contribution in [-0.2, 0) is 4.79 Å². The van der Waals surface area contributed by atoms with Crippen LogP contribution >= 0.6 is 0 Å². The van der Waals surface area contributed by atoms with Crippen LogP contribution in [0.3, 0.4) is 0 Å². The average molecular weight is 354 g/mol. The minimum absolute atomic E-state index is 0.0717. The van der Waals surface area contributed by atoms with E-state index in [1.165, 1.54) is 19.3 Å². The fourth-order valence-electron chi connectivity index (χ4n) is 3.79. The molecule has 2 heterocycles. The molecule has 140 valence electrons. The number of carbonyl (C=O) groups is 1. The Morgan fingerprint density at radius 2 is 2.04 bits per heavy atom. The number of benzene rings is 1. The molecule has 1 N–H and O–H groups in total. The summed E-state index contributed by atoms with van der Waals surface area (Å²) in [6.45, 7) is 9.29. The third-order valence-corrected chi connectivity index (χ3v) is 5.39. The zero-order chi connectivity index (χ0) is 18.5. The van der Waals surface area contributed by atoms with Gasteiger partial charge in [-0.05, 0) is 51.3 Å². The van der Waals surface area contributed by atoms with Crippen molar-refractivity contribution in [1.82, 2.24) is 14.7 Å². The van der Waals surface area contributed by atoms with Crippen LogP contribution in [0.15, 0.2) is 30.3 Å². The molecular formula is C21H30N4O. The molecule has 5 nitrogen and oxygen atoms in total. The number of carbonyl (C=O) groups excluding carboxylic acids is 1. The maximum atomic E-state index is 12.5. The molecule has 0 spiro atoms. The number of amides is 1. The normalized spacial score (nSPS) is 18.0. The van der Waals surface area contributed by atoms with E-state index in [0.717, 1.165) is 48.3 Å². The Morgan fingerprint density at radius 1 is 1.27 bits per heavy atom. The highest BCUT2D eigenvalue weighted by Gasteiger charge is 2.20. The van der Waals surface area contributed by atoms with E-state index in [-0.39, 0.29) is 5.91 Å². The van der Waals surface area contributed by atoms with Crippen molar-refractivity contribution < 1.29 is 4.79 Å². The van der Waals surface area contributed by atoms with Gasteiger partial charge in [0.05, 0.1) is 22.8 Å². The van der Waals surface area contributed by atoms with Gasteiger partial charge >= 0.3 is 0 Å². The number of aryl methyl sites for hydroxylation is 1. The maximum Gasteiger partial charge on any atom is 0.225 e. The van der Waals surface area contributed by atoms with Crippen molar-refractivity contribution in [3.05, 3.63) is 41.7 Å². The van der Waals surface area contributed by atoms with E-state index >= 15 is 0 Å². The molecular weight excluding hydrogens is 324 g/mol. The van der Waals surface area contributed by atoms with Crippen molar-refractivity contribution in [3.8, 4) is 5.69 Å². The quantitative estimate of drug-likeness (QED) is 0.855. The highest BCUT2D eigenvalue weighted by atomic mass is 16.1. The van der Waals surface area contributed by atoms with Crippen molar-refractivity contribution >= 4 is 11.6 Å². The largest absolute Gasteiger partial charge is 0.323 e. The molecule has 0 saturated carbocycles. The summed E-state index contributed by atoms with van der Waals surface area (Å²) in [5, 5.41) is 7.68. The molecule has 1 aliphatic heterocycles. The molecule has 1 aromatic carbocycles. The molecule has 3 rings (SSSR count). The number of para-hydroxylation sites is 1. The molecule has 2 aromatic rings. The lowest BCUT2D eigenvalue weighted by atomic mass is 9.95. The van der Waals surface area contributed by atoms with Crippen LogP contribution in [0.4, 0.5) is 5.69 Å². The van der Waals surface area contributed by atoms with Crippen molar-refractivity contribution in [2.24, 2.45) is 5.92 Å². The summed E-state index contributed by atoms with van der Waals surface area (Å²) in [6, 6.07) is 10.0. The third-order valence-electron chi connectivity index (χ3n) is 5.39. The zero-order valence-electron chi connectivity index (χ0n) is 16.2. The van der Waals surface area contributed by atoms with Gasteiger partial charge in [0.1, 0.15) is 0 Å². The number of rotatable bonds is 6. The van der Waals surface area contributed by atoms with Crippen molar-refractivity contribution in [2.45, 2.75) is 46.5 Å². The second-order valence-corrected chi connectivity index (χ2v) is 7.31. The predicted molar refractivity (Wildman–Crippen MR) is 106 cm³/mol. The number of hydrogen-bond acceptors (Lipinski definition) is 3. The average Bonchev–Trinajstić information content (AvgIpc) is 2.95. The predicted octanol–water partition coefficient (Wildman–Crippen LogP) is 3.94. The summed E-state index contributed by atoms with van der Waals surface area (Å²) in [6.07, 6.45) is 4.35. The van der Waals surface area contributed by atoms with Gasteiger partial charge in [-0.1, -0.05) is 31.5 Å². The number of hydrogen-bond donors (Lipinski definition) is 1. The highest BCUT2D eigenvalue weighted by molar-refractivity contribution is 5.92. The van der Waals surface area contributed by atoms with Gasteiger partial charge in [-0.3, -0.25) is 4.79 Å². The van der Waals surface area contributed by atoms with Crippen molar-refractivity contribution in [1.29, 1.82) is 0 Å². The lowest BCUT2D eigenvalue weighted by Gasteiger charge is -2.32. The van der Waals surface area contributed by atoms with Gasteiger partial charge in [0.25, 0.3) is 0 Å². The lowest BCUT2D eigenvalue weighted by molar-refractivity contribution is -0.116. The van der Waals surface area contributed by atoms with Gasteiger partial charge < -0.3 is 10.2 Å². The first-order valence-electron chi connectivity index (χ1n) is 9.72. The Kier molecular flexibility index (Phi) is 6.09. The maximum absolute atomic E-state index is 12.5. The smallest absolute Gasteiger partial charge is 0.225 e. The van der Waals surface area contributed by atoms with Crippen LogP contribution in [-0.4, -0.2) is 40.2 Å². The van der Waals surface area contributed by atoms with Crippen LogP contribution in [0.5, 0.6) is 0 Å². The van der Waals surface area contributed by atoms with Crippen LogP contribution in [0.1, 0.15) is 44.0 Å². The second-order valence-electron chi connectivity index (χ2n) is 7.31. The summed E-state index contributed by atoms with van der Waals surface area (Å²) in [4.78, 5) is 14.9. The van der Waals surface area contributed by atoms with Crippen LogP contribution < -0.4 is 5.32 Å². The van der Waals surface area contributed by atoms with Crippen LogP contribution in [0.25, 0.3) is 5.69 Å². The van der Waals surface area contributed by atoms with Gasteiger partial charge in [-0.15, -0.1) is 0 Å². The minimum Gasteiger partial charge on any atom is -0.323 e. The fraction of sp³-hybridized carbons (Fsp3) is 0.524. The molecule has 0 radical (unpaired) electrons.